The number of nitrogens with zero attached hydrogens (tertiary/aromatic N) is 5. The zero-order valence-corrected chi connectivity index (χ0v) is 17.3. The van der Waals surface area contributed by atoms with Crippen molar-refractivity contribution in [1.82, 2.24) is 19.1 Å². The number of aryl methyl sites for hydroxylation is 2. The number of rotatable bonds is 3. The normalized spacial score (nSPS) is 36.2. The molecule has 0 aliphatic heterocycles. The Morgan fingerprint density at radius 2 is 2.16 bits per heavy atom. The molecular formula is C23H22N6O2. The van der Waals surface area contributed by atoms with Crippen molar-refractivity contribution in [2.75, 3.05) is 5.32 Å². The Labute approximate surface area is 178 Å². The summed E-state index contributed by atoms with van der Waals surface area (Å²) in [6, 6.07) is 7.67. The zero-order valence-electron chi connectivity index (χ0n) is 17.3. The van der Waals surface area contributed by atoms with E-state index in [0.29, 0.717) is 40.4 Å². The van der Waals surface area contributed by atoms with Crippen LogP contribution in [-0.4, -0.2) is 29.8 Å². The zero-order chi connectivity index (χ0) is 21.3. The summed E-state index contributed by atoms with van der Waals surface area (Å²) in [5, 5.41) is 23.1. The van der Waals surface area contributed by atoms with Crippen LogP contribution in [-0.2, 0) is 7.05 Å². The van der Waals surface area contributed by atoms with Crippen molar-refractivity contribution in [2.45, 2.75) is 37.8 Å². The number of benzene rings is 1. The summed E-state index contributed by atoms with van der Waals surface area (Å²) in [7, 11) is 1.76. The number of imidazole rings is 1. The number of hydrogen-bond donors (Lipinski definition) is 2. The van der Waals surface area contributed by atoms with Crippen LogP contribution in [0.1, 0.15) is 36.4 Å². The molecule has 8 heteroatoms. The average molecular weight is 414 g/mol. The van der Waals surface area contributed by atoms with Gasteiger partial charge in [0.15, 0.2) is 5.65 Å². The van der Waals surface area contributed by atoms with Gasteiger partial charge in [0.05, 0.1) is 23.4 Å². The lowest BCUT2D eigenvalue weighted by molar-refractivity contribution is -0.468. The maximum absolute atomic E-state index is 13.2. The molecule has 2 heterocycles. The number of aliphatic hydroxyl groups is 1. The third-order valence-corrected chi connectivity index (χ3v) is 8.95. The Morgan fingerprint density at radius 3 is 2.84 bits per heavy atom. The summed E-state index contributed by atoms with van der Waals surface area (Å²) < 4.78 is 3.49. The van der Waals surface area contributed by atoms with Crippen LogP contribution in [0.4, 0.5) is 11.6 Å². The van der Waals surface area contributed by atoms with E-state index < -0.39 is 5.60 Å². The molecule has 0 radical (unpaired) electrons. The van der Waals surface area contributed by atoms with Crippen LogP contribution < -0.4 is 11.0 Å². The lowest BCUT2D eigenvalue weighted by Crippen LogP contribution is -2.92. The highest BCUT2D eigenvalue weighted by atomic mass is 16.3. The number of aromatic nitrogens is 4. The third kappa shape index (κ3) is 1.73. The van der Waals surface area contributed by atoms with Gasteiger partial charge in [-0.1, -0.05) is 0 Å². The molecule has 156 valence electrons. The predicted octanol–water partition coefficient (Wildman–Crippen LogP) is 2.39. The van der Waals surface area contributed by atoms with Crippen molar-refractivity contribution in [3.05, 3.63) is 46.0 Å². The van der Waals surface area contributed by atoms with E-state index in [1.54, 1.807) is 23.9 Å². The monoisotopic (exact) mass is 414 g/mol. The van der Waals surface area contributed by atoms with Crippen molar-refractivity contribution >= 4 is 22.8 Å². The van der Waals surface area contributed by atoms with Gasteiger partial charge in [-0.05, 0) is 67.7 Å². The van der Waals surface area contributed by atoms with Gasteiger partial charge in [0.2, 0.25) is 5.95 Å². The molecule has 4 aliphatic carbocycles. The van der Waals surface area contributed by atoms with Gasteiger partial charge >= 0.3 is 5.69 Å². The van der Waals surface area contributed by atoms with Crippen molar-refractivity contribution in [3.63, 3.8) is 0 Å². The molecule has 0 bridgehead atoms. The van der Waals surface area contributed by atoms with E-state index in [2.05, 4.69) is 16.4 Å². The Hall–Kier alpha value is -3.18. The summed E-state index contributed by atoms with van der Waals surface area (Å²) in [6.45, 7) is 1.93. The molecule has 6 unspecified atom stereocenters. The maximum Gasteiger partial charge on any atom is 0.330 e. The number of nitrogens with one attached hydrogen (secondary N) is 1. The van der Waals surface area contributed by atoms with E-state index in [0.717, 1.165) is 30.5 Å². The molecule has 4 aliphatic rings. The minimum Gasteiger partial charge on any atom is -0.389 e. The topological polar surface area (TPSA) is 109 Å². The summed E-state index contributed by atoms with van der Waals surface area (Å²) in [5.74, 6) is 1.83. The Morgan fingerprint density at radius 1 is 1.32 bits per heavy atom. The molecule has 7 rings (SSSR count). The van der Waals surface area contributed by atoms with E-state index in [1.165, 1.54) is 0 Å². The van der Waals surface area contributed by atoms with E-state index in [9.17, 15) is 9.90 Å². The highest BCUT2D eigenvalue weighted by Gasteiger charge is 2.91. The minimum absolute atomic E-state index is 0.0610. The first-order valence-corrected chi connectivity index (χ1v) is 10.8. The smallest absolute Gasteiger partial charge is 0.330 e. The Balaban J connectivity index is 1.29. The van der Waals surface area contributed by atoms with Gasteiger partial charge in [-0.25, -0.2) is 9.78 Å². The molecule has 4 saturated carbocycles. The van der Waals surface area contributed by atoms with Crippen LogP contribution in [0, 0.1) is 41.4 Å². The summed E-state index contributed by atoms with van der Waals surface area (Å²) in [4.78, 5) is 22.4. The van der Waals surface area contributed by atoms with Gasteiger partial charge in [-0.2, -0.15) is 10.2 Å². The number of fused-ring (bicyclic) bond motifs is 1. The largest absolute Gasteiger partial charge is 0.389 e. The van der Waals surface area contributed by atoms with Crippen molar-refractivity contribution in [3.8, 4) is 6.07 Å². The van der Waals surface area contributed by atoms with Gasteiger partial charge in [0.1, 0.15) is 5.52 Å². The fourth-order valence-electron chi connectivity index (χ4n) is 7.66. The van der Waals surface area contributed by atoms with E-state index >= 15 is 0 Å². The number of nitriles is 1. The molecular weight excluding hydrogens is 392 g/mol. The van der Waals surface area contributed by atoms with Gasteiger partial charge in [0, 0.05) is 24.2 Å². The van der Waals surface area contributed by atoms with Crippen molar-refractivity contribution < 1.29 is 5.11 Å². The van der Waals surface area contributed by atoms with Crippen LogP contribution in [0.15, 0.2) is 29.2 Å². The van der Waals surface area contributed by atoms with Gasteiger partial charge in [-0.3, -0.25) is 9.13 Å². The second-order valence-electron chi connectivity index (χ2n) is 9.89. The lowest BCUT2D eigenvalue weighted by atomic mass is 9.15. The highest BCUT2D eigenvalue weighted by Crippen LogP contribution is 2.91. The highest BCUT2D eigenvalue weighted by molar-refractivity contribution is 5.73. The van der Waals surface area contributed by atoms with E-state index in [1.807, 2.05) is 23.6 Å². The second kappa shape index (κ2) is 5.17. The molecule has 1 spiro atoms. The summed E-state index contributed by atoms with van der Waals surface area (Å²) >= 11 is 0. The second-order valence-corrected chi connectivity index (χ2v) is 9.89. The van der Waals surface area contributed by atoms with Crippen LogP contribution in [0.5, 0.6) is 0 Å². The molecule has 0 amide bonds. The molecule has 1 aromatic carbocycles. The molecule has 4 fully saturated rings. The first kappa shape index (κ1) is 17.5. The number of hydrogen-bond acceptors (Lipinski definition) is 6. The van der Waals surface area contributed by atoms with Crippen LogP contribution >= 0.6 is 0 Å². The number of anilines is 2. The van der Waals surface area contributed by atoms with Crippen molar-refractivity contribution in [1.29, 1.82) is 5.26 Å². The first-order chi connectivity index (χ1) is 14.9. The standard InChI is InChI=1S/C23H22N6O2/c1-11-5-12(9-24)3-4-16(11)26-20-25-10-17-19(27-20)29(21(30)28(17)2)18-14-6-13-7-22(31)8-15(18)23(13,14)22/h3-5,10,13-15,18,31H,6-8H2,1-2H3,(H,25,26,27). The fourth-order valence-corrected chi connectivity index (χ4v) is 7.66. The van der Waals surface area contributed by atoms with Gasteiger partial charge in [0.25, 0.3) is 0 Å². The summed E-state index contributed by atoms with van der Waals surface area (Å²) in [5.41, 5.74) is 3.28. The molecule has 2 aromatic heterocycles. The molecule has 2 N–H and O–H groups in total. The average Bonchev–Trinajstić information content (AvgIpc) is 2.95. The van der Waals surface area contributed by atoms with E-state index in [-0.39, 0.29) is 17.1 Å². The molecule has 3 aromatic rings. The maximum atomic E-state index is 13.2. The van der Waals surface area contributed by atoms with Gasteiger partial charge in [-0.15, -0.1) is 0 Å². The van der Waals surface area contributed by atoms with Crippen LogP contribution in [0.3, 0.4) is 0 Å². The minimum atomic E-state index is -0.468. The van der Waals surface area contributed by atoms with Crippen LogP contribution in [0.2, 0.25) is 0 Å². The molecule has 8 nitrogen and oxygen atoms in total. The quantitative estimate of drug-likeness (QED) is 0.681. The van der Waals surface area contributed by atoms with Crippen LogP contribution in [0.25, 0.3) is 11.2 Å². The molecule has 0 saturated heterocycles. The molecule has 31 heavy (non-hydrogen) atoms. The Bertz CT molecular complexity index is 1410. The molecule has 6 atom stereocenters. The summed E-state index contributed by atoms with van der Waals surface area (Å²) in [6.07, 6.45) is 4.54. The van der Waals surface area contributed by atoms with Gasteiger partial charge < -0.3 is 10.4 Å². The Kier molecular flexibility index (Phi) is 2.92. The third-order valence-electron chi connectivity index (χ3n) is 8.95. The lowest BCUT2D eigenvalue weighted by Gasteiger charge is -2.91. The first-order valence-electron chi connectivity index (χ1n) is 10.8. The SMILES string of the molecule is Cc1cc(C#N)ccc1Nc1ncc2c(n1)n(C1C3CC4CC5(O)CC1C435)c(=O)n2C. The van der Waals surface area contributed by atoms with E-state index in [4.69, 9.17) is 10.2 Å². The fraction of sp³-hybridized carbons (Fsp3) is 0.478. The van der Waals surface area contributed by atoms with Crippen molar-refractivity contribution in [2.24, 2.45) is 30.2 Å². The predicted molar refractivity (Wildman–Crippen MR) is 113 cm³/mol.